The van der Waals surface area contributed by atoms with Crippen LogP contribution in [0.2, 0.25) is 0 Å². The molecular formula is C102H198. The third-order valence-corrected chi connectivity index (χ3v) is 24.7. The van der Waals surface area contributed by atoms with Crippen molar-refractivity contribution < 1.29 is 0 Å². The Bertz CT molecular complexity index is 1530. The Kier molecular flexibility index (Phi) is 91.9. The summed E-state index contributed by atoms with van der Waals surface area (Å²) in [6.45, 7) is 2.32. The van der Waals surface area contributed by atoms with E-state index in [0.717, 1.165) is 0 Å². The van der Waals surface area contributed by atoms with Crippen molar-refractivity contribution in [2.75, 3.05) is 0 Å². The van der Waals surface area contributed by atoms with Crippen molar-refractivity contribution in [1.29, 1.82) is 0 Å². The van der Waals surface area contributed by atoms with Gasteiger partial charge in [-0.1, -0.05) is 634 Å². The van der Waals surface area contributed by atoms with Crippen molar-refractivity contribution in [3.8, 4) is 0 Å². The van der Waals surface area contributed by atoms with Crippen molar-refractivity contribution in [2.45, 2.75) is 617 Å². The highest BCUT2D eigenvalue weighted by molar-refractivity contribution is 5.14. The molecule has 0 atom stereocenters. The van der Waals surface area contributed by atoms with Gasteiger partial charge in [0.15, 0.2) is 0 Å². The summed E-state index contributed by atoms with van der Waals surface area (Å²) in [5.41, 5.74) is 1.51. The average molecular weight is 1420 g/mol. The molecule has 102 heavy (non-hydrogen) atoms. The van der Waals surface area contributed by atoms with Crippen LogP contribution < -0.4 is 0 Å². The molecule has 0 aromatic heterocycles. The highest BCUT2D eigenvalue weighted by atomic mass is 14.1. The molecule has 0 saturated carbocycles. The third-order valence-electron chi connectivity index (χ3n) is 24.7. The fraction of sp³-hybridized carbons (Fsp3) is 0.941. The van der Waals surface area contributed by atoms with Crippen LogP contribution in [0.3, 0.4) is 0 Å². The van der Waals surface area contributed by atoms with E-state index in [0.29, 0.717) is 0 Å². The van der Waals surface area contributed by atoms with Crippen LogP contribution in [0.25, 0.3) is 0 Å². The number of benzene rings is 1. The molecule has 0 heterocycles. The fourth-order valence-electron chi connectivity index (χ4n) is 17.3. The van der Waals surface area contributed by atoms with Crippen LogP contribution in [0.4, 0.5) is 0 Å². The van der Waals surface area contributed by atoms with E-state index < -0.39 is 0 Å². The Hall–Kier alpha value is -0.780. The zero-order valence-electron chi connectivity index (χ0n) is 71.6. The molecule has 0 aliphatic rings. The number of unbranched alkanes of at least 4 members (excludes halogenated alkanes) is 93. The lowest BCUT2D eigenvalue weighted by molar-refractivity contribution is 0.505. The lowest BCUT2D eigenvalue weighted by Gasteiger charge is -2.05. The molecule has 1 rings (SSSR count). The number of hydrogen-bond donors (Lipinski definition) is 0. The molecule has 0 aliphatic heterocycles. The van der Waals surface area contributed by atoms with Crippen LogP contribution in [0.15, 0.2) is 30.3 Å². The molecular weight excluding hydrogens is 1230 g/mol. The van der Waals surface area contributed by atoms with E-state index >= 15 is 0 Å². The van der Waals surface area contributed by atoms with Crippen molar-refractivity contribution in [3.63, 3.8) is 0 Å². The first-order valence-electron chi connectivity index (χ1n) is 50.0. The predicted molar refractivity (Wildman–Crippen MR) is 470 cm³/mol. The summed E-state index contributed by atoms with van der Waals surface area (Å²) in [5, 5.41) is 0. The molecule has 0 saturated heterocycles. The first-order valence-corrected chi connectivity index (χ1v) is 50.0. The maximum absolute atomic E-state index is 2.32. The molecule has 0 radical (unpaired) electrons. The zero-order valence-corrected chi connectivity index (χ0v) is 71.6. The molecule has 0 bridgehead atoms. The summed E-state index contributed by atoms with van der Waals surface area (Å²) < 4.78 is 0. The van der Waals surface area contributed by atoms with Gasteiger partial charge in [0.05, 0.1) is 0 Å². The van der Waals surface area contributed by atoms with Crippen LogP contribution in [-0.2, 0) is 6.42 Å². The standard InChI is InChI=1S/C102H198/c1-2-3-4-5-6-7-8-9-10-11-12-13-14-15-16-17-18-19-20-21-22-23-24-25-26-27-28-29-30-31-32-33-34-35-36-37-38-39-40-41-42-43-44-45-46-47-48-49-50-51-52-53-54-55-56-57-58-59-60-61-62-63-64-65-66-67-68-69-70-71-72-73-74-75-76-77-78-79-80-81-82-83-84-85-86-87-88-89-90-91-92-93-94-96-99-102-100-97-95-98-101-102/h95,97-98,100-101H,2-94,96,99H2,1H3. The van der Waals surface area contributed by atoms with Gasteiger partial charge < -0.3 is 0 Å². The van der Waals surface area contributed by atoms with Crippen molar-refractivity contribution in [3.05, 3.63) is 35.9 Å². The van der Waals surface area contributed by atoms with Gasteiger partial charge in [0, 0.05) is 0 Å². The summed E-state index contributed by atoms with van der Waals surface area (Å²) in [6, 6.07) is 11.0. The quantitative estimate of drug-likeness (QED) is 0.0570. The minimum absolute atomic E-state index is 1.26. The van der Waals surface area contributed by atoms with E-state index in [1.807, 2.05) is 0 Å². The SMILES string of the molecule is CCCCCCCCCCCCCCCCCCCCCCCCCCCCCCCCCCCCCCCCCCCCCCCCCCCCCCCCCCCCCCCCCCCCCCCCCCCCCCCCCCCCCCCCCCCCCCCCc1ccccc1. The number of hydrogen-bond acceptors (Lipinski definition) is 0. The summed E-state index contributed by atoms with van der Waals surface area (Å²) in [5.74, 6) is 0. The third kappa shape index (κ3) is 89.8. The van der Waals surface area contributed by atoms with E-state index in [1.165, 1.54) is 616 Å². The van der Waals surface area contributed by atoms with Crippen LogP contribution >= 0.6 is 0 Å². The second kappa shape index (κ2) is 94.4. The Morgan fingerprint density at radius 2 is 0.196 bits per heavy atom. The van der Waals surface area contributed by atoms with Gasteiger partial charge in [0.2, 0.25) is 0 Å². The van der Waals surface area contributed by atoms with Gasteiger partial charge in [-0.25, -0.2) is 0 Å². The molecule has 0 nitrogen and oxygen atoms in total. The maximum atomic E-state index is 2.32. The first-order chi connectivity index (χ1) is 50.9. The molecule has 606 valence electrons. The number of aryl methyl sites for hydroxylation is 1. The predicted octanol–water partition coefficient (Wildman–Crippen LogP) is 38.9. The largest absolute Gasteiger partial charge is 0.0654 e. The zero-order chi connectivity index (χ0) is 72.3. The molecule has 0 aliphatic carbocycles. The molecule has 0 unspecified atom stereocenters. The van der Waals surface area contributed by atoms with Gasteiger partial charge >= 0.3 is 0 Å². The topological polar surface area (TPSA) is 0 Å². The smallest absolute Gasteiger partial charge is 0.0279 e. The van der Waals surface area contributed by atoms with E-state index in [2.05, 4.69) is 37.3 Å². The monoisotopic (exact) mass is 1420 g/mol. The van der Waals surface area contributed by atoms with Crippen molar-refractivity contribution in [2.24, 2.45) is 0 Å². The summed E-state index contributed by atoms with van der Waals surface area (Å²) >= 11 is 0. The lowest BCUT2D eigenvalue weighted by atomic mass is 10.0. The van der Waals surface area contributed by atoms with Gasteiger partial charge in [-0.15, -0.1) is 0 Å². The Labute approximate surface area is 648 Å². The second-order valence-electron chi connectivity index (χ2n) is 35.1. The van der Waals surface area contributed by atoms with Crippen molar-refractivity contribution >= 4 is 0 Å². The normalized spacial score (nSPS) is 11.8. The molecule has 1 aromatic carbocycles. The van der Waals surface area contributed by atoms with Gasteiger partial charge in [-0.05, 0) is 18.4 Å². The van der Waals surface area contributed by atoms with E-state index in [4.69, 9.17) is 0 Å². The molecule has 0 amide bonds. The molecule has 1 aromatic rings. The summed E-state index contributed by atoms with van der Waals surface area (Å²) in [4.78, 5) is 0. The van der Waals surface area contributed by atoms with Gasteiger partial charge in [0.25, 0.3) is 0 Å². The van der Waals surface area contributed by atoms with E-state index in [9.17, 15) is 0 Å². The second-order valence-corrected chi connectivity index (χ2v) is 35.1. The van der Waals surface area contributed by atoms with Gasteiger partial charge in [-0.3, -0.25) is 0 Å². The Morgan fingerprint density at radius 1 is 0.108 bits per heavy atom. The number of rotatable bonds is 95. The van der Waals surface area contributed by atoms with Crippen LogP contribution in [0.1, 0.15) is 616 Å². The fourth-order valence-corrected chi connectivity index (χ4v) is 17.3. The maximum Gasteiger partial charge on any atom is -0.0279 e. The van der Waals surface area contributed by atoms with E-state index in [-0.39, 0.29) is 0 Å². The van der Waals surface area contributed by atoms with Gasteiger partial charge in [0.1, 0.15) is 0 Å². The molecule has 0 heteroatoms. The van der Waals surface area contributed by atoms with Crippen LogP contribution in [-0.4, -0.2) is 0 Å². The molecule has 0 fully saturated rings. The highest BCUT2D eigenvalue weighted by Crippen LogP contribution is 2.24. The van der Waals surface area contributed by atoms with Gasteiger partial charge in [-0.2, -0.15) is 0 Å². The summed E-state index contributed by atoms with van der Waals surface area (Å²) in [7, 11) is 0. The van der Waals surface area contributed by atoms with E-state index in [1.54, 1.807) is 0 Å². The average Bonchev–Trinajstić information content (AvgIpc) is 1.34. The molecule has 0 N–H and O–H groups in total. The molecule has 0 spiro atoms. The Morgan fingerprint density at radius 3 is 0.294 bits per heavy atom. The summed E-state index contributed by atoms with van der Waals surface area (Å²) in [6.07, 6.45) is 141. The highest BCUT2D eigenvalue weighted by Gasteiger charge is 2.04. The van der Waals surface area contributed by atoms with Crippen LogP contribution in [0.5, 0.6) is 0 Å². The van der Waals surface area contributed by atoms with Crippen LogP contribution in [0, 0.1) is 0 Å². The Balaban J connectivity index is 1.58. The minimum atomic E-state index is 1.26. The minimum Gasteiger partial charge on any atom is -0.0654 e. The lowest BCUT2D eigenvalue weighted by Crippen LogP contribution is -1.86. The first kappa shape index (κ1) is 99.2. The van der Waals surface area contributed by atoms with Crippen molar-refractivity contribution in [1.82, 2.24) is 0 Å².